The number of carbonyl (C=O) groups is 2. The van der Waals surface area contributed by atoms with Crippen molar-refractivity contribution < 1.29 is 9.59 Å². The summed E-state index contributed by atoms with van der Waals surface area (Å²) in [7, 11) is 0. The van der Waals surface area contributed by atoms with Crippen LogP contribution in [0.2, 0.25) is 0 Å². The summed E-state index contributed by atoms with van der Waals surface area (Å²) in [6.07, 6.45) is 0. The molecule has 0 fully saturated rings. The van der Waals surface area contributed by atoms with Crippen molar-refractivity contribution in [2.45, 2.75) is 27.7 Å². The fraction of sp³-hybridized carbons (Fsp3) is 0.0769. The van der Waals surface area contributed by atoms with Gasteiger partial charge in [-0.15, -0.1) is 22.7 Å². The molecular formula is C52H39N7O2S2. The third kappa shape index (κ3) is 7.58. The fourth-order valence-electron chi connectivity index (χ4n) is 7.85. The summed E-state index contributed by atoms with van der Waals surface area (Å²) in [6, 6.07) is 47.5. The number of amides is 2. The molecule has 0 spiro atoms. The van der Waals surface area contributed by atoms with E-state index in [0.717, 1.165) is 59.4 Å². The van der Waals surface area contributed by atoms with Crippen molar-refractivity contribution in [3.8, 4) is 21.7 Å². The molecule has 306 valence electrons. The molecule has 4 heterocycles. The topological polar surface area (TPSA) is 124 Å². The number of anilines is 1. The van der Waals surface area contributed by atoms with E-state index in [2.05, 4.69) is 15.6 Å². The Morgan fingerprint density at radius 2 is 1.08 bits per heavy atom. The maximum absolute atomic E-state index is 14.3. The first-order valence-corrected chi connectivity index (χ1v) is 22.1. The SMILES string of the molecule is Cc1ccc(C)c(C(=O)NC2=NC(=Nc3[nH]c(NC(=O)c4cc(C)ccc4C)c(-c4nc5ccccc5s4)c3-c3ccccc3)C(c3ccccc3)=C2c2nc3ccccc3s2)c1. The highest BCUT2D eigenvalue weighted by Gasteiger charge is 2.33. The highest BCUT2D eigenvalue weighted by Crippen LogP contribution is 2.48. The lowest BCUT2D eigenvalue weighted by Crippen LogP contribution is -2.31. The second-order valence-corrected chi connectivity index (χ2v) is 17.6. The van der Waals surface area contributed by atoms with Crippen LogP contribution < -0.4 is 10.6 Å². The second kappa shape index (κ2) is 16.4. The Hall–Kier alpha value is -7.60. The van der Waals surface area contributed by atoms with Gasteiger partial charge < -0.3 is 15.6 Å². The number of aryl methyl sites for hydroxylation is 4. The van der Waals surface area contributed by atoms with E-state index in [-0.39, 0.29) is 11.8 Å². The van der Waals surface area contributed by atoms with Crippen LogP contribution in [-0.2, 0) is 0 Å². The normalized spacial score (nSPS) is 13.3. The molecule has 6 aromatic carbocycles. The summed E-state index contributed by atoms with van der Waals surface area (Å²) >= 11 is 3.07. The summed E-state index contributed by atoms with van der Waals surface area (Å²) < 4.78 is 2.00. The molecule has 0 saturated carbocycles. The lowest BCUT2D eigenvalue weighted by Gasteiger charge is -2.11. The highest BCUT2D eigenvalue weighted by molar-refractivity contribution is 7.21. The zero-order valence-corrected chi connectivity index (χ0v) is 36.4. The smallest absolute Gasteiger partial charge is 0.257 e. The van der Waals surface area contributed by atoms with Crippen LogP contribution in [0.5, 0.6) is 0 Å². The van der Waals surface area contributed by atoms with Crippen LogP contribution in [0.25, 0.3) is 53.3 Å². The van der Waals surface area contributed by atoms with Crippen molar-refractivity contribution in [3.63, 3.8) is 0 Å². The third-order valence-electron chi connectivity index (χ3n) is 11.0. The minimum atomic E-state index is -0.290. The van der Waals surface area contributed by atoms with Crippen LogP contribution in [0.1, 0.15) is 53.5 Å². The lowest BCUT2D eigenvalue weighted by atomic mass is 9.99. The lowest BCUT2D eigenvalue weighted by molar-refractivity contribution is 0.0975. The van der Waals surface area contributed by atoms with E-state index < -0.39 is 0 Å². The van der Waals surface area contributed by atoms with Gasteiger partial charge in [0.2, 0.25) is 0 Å². The second-order valence-electron chi connectivity index (χ2n) is 15.5. The van der Waals surface area contributed by atoms with Crippen molar-refractivity contribution in [1.82, 2.24) is 20.3 Å². The molecule has 0 unspecified atom stereocenters. The minimum Gasteiger partial charge on any atom is -0.325 e. The molecule has 3 aromatic heterocycles. The highest BCUT2D eigenvalue weighted by atomic mass is 32.1. The van der Waals surface area contributed by atoms with E-state index in [1.54, 1.807) is 11.3 Å². The van der Waals surface area contributed by atoms with Crippen molar-refractivity contribution >= 4 is 89.4 Å². The van der Waals surface area contributed by atoms with Gasteiger partial charge in [-0.2, -0.15) is 0 Å². The summed E-state index contributed by atoms with van der Waals surface area (Å²) in [5.74, 6) is 1.03. The molecule has 0 radical (unpaired) electrons. The zero-order valence-electron chi connectivity index (χ0n) is 34.8. The van der Waals surface area contributed by atoms with Crippen molar-refractivity contribution in [1.29, 1.82) is 0 Å². The summed E-state index contributed by atoms with van der Waals surface area (Å²) in [6.45, 7) is 7.80. The number of hydrogen-bond donors (Lipinski definition) is 3. The van der Waals surface area contributed by atoms with E-state index in [0.29, 0.717) is 61.2 Å². The van der Waals surface area contributed by atoms with Gasteiger partial charge in [-0.05, 0) is 86.3 Å². The van der Waals surface area contributed by atoms with Gasteiger partial charge >= 0.3 is 0 Å². The van der Waals surface area contributed by atoms with Gasteiger partial charge in [-0.25, -0.2) is 20.0 Å². The predicted molar refractivity (Wildman–Crippen MR) is 260 cm³/mol. The monoisotopic (exact) mass is 857 g/mol. The molecule has 2 amide bonds. The molecule has 9 aromatic rings. The van der Waals surface area contributed by atoms with E-state index >= 15 is 0 Å². The Bertz CT molecular complexity index is 3310. The van der Waals surface area contributed by atoms with Gasteiger partial charge in [-0.1, -0.05) is 120 Å². The molecule has 9 nitrogen and oxygen atoms in total. The number of carbonyl (C=O) groups excluding carboxylic acids is 2. The number of thiazole rings is 2. The average molecular weight is 858 g/mol. The quantitative estimate of drug-likeness (QED) is 0.141. The van der Waals surface area contributed by atoms with Crippen molar-refractivity contribution in [3.05, 3.63) is 190 Å². The number of H-pyrrole nitrogens is 1. The number of aromatic nitrogens is 3. The first-order valence-electron chi connectivity index (χ1n) is 20.5. The van der Waals surface area contributed by atoms with E-state index in [9.17, 15) is 9.59 Å². The number of aromatic amines is 1. The van der Waals surface area contributed by atoms with Gasteiger partial charge in [0.25, 0.3) is 11.8 Å². The van der Waals surface area contributed by atoms with Gasteiger partial charge in [0.15, 0.2) is 5.84 Å². The molecule has 0 bridgehead atoms. The third-order valence-corrected chi connectivity index (χ3v) is 13.1. The molecule has 63 heavy (non-hydrogen) atoms. The molecule has 0 aliphatic carbocycles. The number of nitrogens with zero attached hydrogens (tertiary/aromatic N) is 4. The summed E-state index contributed by atoms with van der Waals surface area (Å²) in [4.78, 5) is 53.0. The van der Waals surface area contributed by atoms with Gasteiger partial charge in [0.1, 0.15) is 27.5 Å². The Morgan fingerprint density at radius 3 is 1.68 bits per heavy atom. The number of rotatable bonds is 8. The zero-order chi connectivity index (χ0) is 43.2. The molecule has 3 N–H and O–H groups in total. The number of para-hydroxylation sites is 2. The Labute approximate surface area is 371 Å². The van der Waals surface area contributed by atoms with Gasteiger partial charge in [-0.3, -0.25) is 9.59 Å². The molecule has 0 atom stereocenters. The maximum Gasteiger partial charge on any atom is 0.257 e. The van der Waals surface area contributed by atoms with Gasteiger partial charge in [0.05, 0.1) is 31.6 Å². The molecule has 1 aliphatic heterocycles. The average Bonchev–Trinajstić information content (AvgIpc) is 4.08. The number of nitrogens with one attached hydrogen (secondary N) is 3. The Kier molecular flexibility index (Phi) is 10.3. The number of aliphatic imine (C=N–C) groups is 2. The van der Waals surface area contributed by atoms with Crippen LogP contribution >= 0.6 is 22.7 Å². The number of amidine groups is 2. The molecule has 10 rings (SSSR count). The molecule has 11 heteroatoms. The maximum atomic E-state index is 14.3. The van der Waals surface area contributed by atoms with E-state index in [1.807, 2.05) is 173 Å². The first kappa shape index (κ1) is 39.5. The number of hydrogen-bond acceptors (Lipinski definition) is 7. The summed E-state index contributed by atoms with van der Waals surface area (Å²) in [5, 5.41) is 7.83. The predicted octanol–water partition coefficient (Wildman–Crippen LogP) is 12.5. The van der Waals surface area contributed by atoms with Crippen LogP contribution in [0, 0.1) is 27.7 Å². The first-order chi connectivity index (χ1) is 30.7. The number of benzene rings is 6. The minimum absolute atomic E-state index is 0.267. The fourth-order valence-corrected chi connectivity index (χ4v) is 9.89. The van der Waals surface area contributed by atoms with Crippen LogP contribution in [0.4, 0.5) is 11.6 Å². The Morgan fingerprint density at radius 1 is 0.556 bits per heavy atom. The van der Waals surface area contributed by atoms with E-state index in [1.165, 1.54) is 11.3 Å². The number of fused-ring (bicyclic) bond motifs is 2. The van der Waals surface area contributed by atoms with Crippen LogP contribution in [0.3, 0.4) is 0 Å². The molecular weight excluding hydrogens is 819 g/mol. The van der Waals surface area contributed by atoms with Crippen molar-refractivity contribution in [2.24, 2.45) is 9.98 Å². The van der Waals surface area contributed by atoms with Crippen LogP contribution in [-0.4, -0.2) is 38.4 Å². The molecule has 1 aliphatic rings. The van der Waals surface area contributed by atoms with Crippen molar-refractivity contribution in [2.75, 3.05) is 5.32 Å². The van der Waals surface area contributed by atoms with E-state index in [4.69, 9.17) is 20.0 Å². The largest absolute Gasteiger partial charge is 0.325 e. The Balaban J connectivity index is 1.23. The standard InChI is InChI=1S/C52H39N7O2S2/c1-29-23-25-31(3)35(27-29)49(60)58-47-43(51-53-37-19-11-13-21-39(37)62-51)41(33-15-7-5-8-16-33)45(56-47)55-46-42(34-17-9-6-10-18-34)44(52-54-38-20-12-14-22-40(38)63-52)48(57-46)59-50(61)36-28-30(2)24-26-32(36)4/h5-28,56H,1-4H3,(H,58,60)(H,55,57,59,61). The van der Waals surface area contributed by atoms with Crippen LogP contribution in [0.15, 0.2) is 156 Å². The summed E-state index contributed by atoms with van der Waals surface area (Å²) in [5.41, 5.74) is 10.9. The van der Waals surface area contributed by atoms with Gasteiger partial charge in [0, 0.05) is 22.3 Å². The molecule has 0 saturated heterocycles.